The third-order valence-electron chi connectivity index (χ3n) is 2.25. The summed E-state index contributed by atoms with van der Waals surface area (Å²) in [4.78, 5) is 14.5. The number of pyridine rings is 1. The van der Waals surface area contributed by atoms with Crippen LogP contribution in [0.1, 0.15) is 16.8 Å². The molecule has 4 nitrogen and oxygen atoms in total. The molecule has 0 amide bonds. The van der Waals surface area contributed by atoms with E-state index < -0.39 is 0 Å². The lowest BCUT2D eigenvalue weighted by atomic mass is 10.0. The van der Waals surface area contributed by atoms with Crippen LogP contribution in [0.3, 0.4) is 0 Å². The normalized spacial score (nSPS) is 14.7. The third kappa shape index (κ3) is 1.23. The number of nitrogens with one attached hydrogen (secondary N) is 2. The predicted octanol–water partition coefficient (Wildman–Crippen LogP) is -0.108. The van der Waals surface area contributed by atoms with Gasteiger partial charge >= 0.3 is 0 Å². The molecule has 4 heteroatoms. The van der Waals surface area contributed by atoms with Crippen molar-refractivity contribution in [1.29, 1.82) is 5.26 Å². The Labute approximate surface area is 75.2 Å². The molecule has 1 aromatic rings. The highest BCUT2D eigenvalue weighted by molar-refractivity contribution is 5.34. The minimum absolute atomic E-state index is 0.113. The monoisotopic (exact) mass is 175 g/mol. The summed E-state index contributed by atoms with van der Waals surface area (Å²) in [7, 11) is 0. The van der Waals surface area contributed by atoms with E-state index in [1.165, 1.54) is 6.20 Å². The Morgan fingerprint density at radius 3 is 3.15 bits per heavy atom. The van der Waals surface area contributed by atoms with E-state index in [9.17, 15) is 4.79 Å². The maximum absolute atomic E-state index is 11.6. The van der Waals surface area contributed by atoms with Crippen LogP contribution in [0, 0.1) is 11.3 Å². The second-order valence-corrected chi connectivity index (χ2v) is 3.03. The second kappa shape index (κ2) is 3.04. The van der Waals surface area contributed by atoms with Crippen LogP contribution in [-0.2, 0) is 13.0 Å². The Kier molecular flexibility index (Phi) is 1.87. The van der Waals surface area contributed by atoms with Crippen molar-refractivity contribution >= 4 is 0 Å². The maximum Gasteiger partial charge on any atom is 0.202 e. The Balaban J connectivity index is 2.64. The highest BCUT2D eigenvalue weighted by Gasteiger charge is 2.14. The zero-order chi connectivity index (χ0) is 9.26. The fourth-order valence-electron chi connectivity index (χ4n) is 1.54. The van der Waals surface area contributed by atoms with Gasteiger partial charge in [-0.15, -0.1) is 0 Å². The van der Waals surface area contributed by atoms with Gasteiger partial charge in [0.2, 0.25) is 5.43 Å². The number of hydrogen-bond donors (Lipinski definition) is 2. The summed E-state index contributed by atoms with van der Waals surface area (Å²) >= 11 is 0. The number of nitriles is 1. The molecule has 0 aliphatic carbocycles. The molecule has 13 heavy (non-hydrogen) atoms. The lowest BCUT2D eigenvalue weighted by molar-refractivity contribution is 0.623. The van der Waals surface area contributed by atoms with E-state index in [-0.39, 0.29) is 11.0 Å². The summed E-state index contributed by atoms with van der Waals surface area (Å²) in [5, 5.41) is 11.8. The van der Waals surface area contributed by atoms with E-state index in [2.05, 4.69) is 10.3 Å². The Bertz CT molecular complexity index is 427. The number of fused-ring (bicyclic) bond motifs is 1. The SMILES string of the molecule is N#Cc1c[nH]c2c(c1=O)CCNC2. The van der Waals surface area contributed by atoms with Crippen molar-refractivity contribution in [2.45, 2.75) is 13.0 Å². The Hall–Kier alpha value is -1.60. The standard InChI is InChI=1S/C9H9N3O/c10-3-6-4-12-8-5-11-2-1-7(8)9(6)13/h4,11H,1-2,5H2,(H,12,13). The Morgan fingerprint density at radius 1 is 1.54 bits per heavy atom. The molecule has 66 valence electrons. The lowest BCUT2D eigenvalue weighted by Crippen LogP contribution is -2.30. The van der Waals surface area contributed by atoms with E-state index in [1.807, 2.05) is 6.07 Å². The first-order valence-corrected chi connectivity index (χ1v) is 4.17. The minimum Gasteiger partial charge on any atom is -0.362 e. The summed E-state index contributed by atoms with van der Waals surface area (Å²) in [6, 6.07) is 1.88. The molecule has 0 saturated heterocycles. The molecule has 0 bridgehead atoms. The van der Waals surface area contributed by atoms with E-state index in [0.717, 1.165) is 17.8 Å². The molecular formula is C9H9N3O. The summed E-state index contributed by atoms with van der Waals surface area (Å²) in [6.45, 7) is 1.50. The average molecular weight is 175 g/mol. The molecule has 1 aliphatic heterocycles. The quantitative estimate of drug-likeness (QED) is 0.578. The minimum atomic E-state index is -0.113. The number of rotatable bonds is 0. The van der Waals surface area contributed by atoms with Crippen LogP contribution >= 0.6 is 0 Å². The smallest absolute Gasteiger partial charge is 0.202 e. The number of hydrogen-bond acceptors (Lipinski definition) is 3. The van der Waals surface area contributed by atoms with Gasteiger partial charge in [-0.3, -0.25) is 4.79 Å². The van der Waals surface area contributed by atoms with Gasteiger partial charge in [-0.25, -0.2) is 0 Å². The largest absolute Gasteiger partial charge is 0.362 e. The molecular weight excluding hydrogens is 166 g/mol. The summed E-state index contributed by atoms with van der Waals surface area (Å²) in [5.74, 6) is 0. The van der Waals surface area contributed by atoms with Crippen LogP contribution in [0.15, 0.2) is 11.0 Å². The second-order valence-electron chi connectivity index (χ2n) is 3.03. The van der Waals surface area contributed by atoms with Crippen LogP contribution in [0.4, 0.5) is 0 Å². The number of aromatic amines is 1. The van der Waals surface area contributed by atoms with Crippen molar-refractivity contribution in [2.24, 2.45) is 0 Å². The van der Waals surface area contributed by atoms with E-state index in [1.54, 1.807) is 0 Å². The summed E-state index contributed by atoms with van der Waals surface area (Å²) in [5.41, 5.74) is 1.77. The fraction of sp³-hybridized carbons (Fsp3) is 0.333. The molecule has 0 saturated carbocycles. The topological polar surface area (TPSA) is 68.7 Å². The van der Waals surface area contributed by atoms with Gasteiger partial charge in [0.25, 0.3) is 0 Å². The maximum atomic E-state index is 11.6. The average Bonchev–Trinajstić information content (AvgIpc) is 2.19. The summed E-state index contributed by atoms with van der Waals surface area (Å²) in [6.07, 6.45) is 2.19. The van der Waals surface area contributed by atoms with Gasteiger partial charge in [-0.1, -0.05) is 0 Å². The highest BCUT2D eigenvalue weighted by atomic mass is 16.1. The molecule has 0 aromatic carbocycles. The van der Waals surface area contributed by atoms with Crippen LogP contribution in [0.25, 0.3) is 0 Å². The van der Waals surface area contributed by atoms with Crippen LogP contribution in [0.5, 0.6) is 0 Å². The molecule has 2 N–H and O–H groups in total. The first kappa shape index (κ1) is 8.02. The zero-order valence-corrected chi connectivity index (χ0v) is 7.05. The molecule has 2 rings (SSSR count). The molecule has 0 fully saturated rings. The van der Waals surface area contributed by atoms with Crippen molar-refractivity contribution in [2.75, 3.05) is 6.54 Å². The fourth-order valence-corrected chi connectivity index (χ4v) is 1.54. The van der Waals surface area contributed by atoms with Gasteiger partial charge in [-0.05, 0) is 13.0 Å². The zero-order valence-electron chi connectivity index (χ0n) is 7.05. The van der Waals surface area contributed by atoms with Gasteiger partial charge in [0.15, 0.2) is 0 Å². The van der Waals surface area contributed by atoms with Crippen molar-refractivity contribution < 1.29 is 0 Å². The highest BCUT2D eigenvalue weighted by Crippen LogP contribution is 2.06. The van der Waals surface area contributed by atoms with Gasteiger partial charge in [0.05, 0.1) is 0 Å². The molecule has 1 aliphatic rings. The van der Waals surface area contributed by atoms with Gasteiger partial charge < -0.3 is 10.3 Å². The Morgan fingerprint density at radius 2 is 2.38 bits per heavy atom. The number of nitrogens with zero attached hydrogens (tertiary/aromatic N) is 1. The molecule has 1 aromatic heterocycles. The third-order valence-corrected chi connectivity index (χ3v) is 2.25. The van der Waals surface area contributed by atoms with Crippen molar-refractivity contribution in [1.82, 2.24) is 10.3 Å². The van der Waals surface area contributed by atoms with Crippen molar-refractivity contribution in [3.05, 3.63) is 33.2 Å². The number of aromatic nitrogens is 1. The van der Waals surface area contributed by atoms with E-state index >= 15 is 0 Å². The van der Waals surface area contributed by atoms with Crippen molar-refractivity contribution in [3.8, 4) is 6.07 Å². The van der Waals surface area contributed by atoms with Gasteiger partial charge in [0.1, 0.15) is 11.6 Å². The molecule has 0 unspecified atom stereocenters. The lowest BCUT2D eigenvalue weighted by Gasteiger charge is -2.15. The van der Waals surface area contributed by atoms with E-state index in [4.69, 9.17) is 5.26 Å². The van der Waals surface area contributed by atoms with Gasteiger partial charge in [-0.2, -0.15) is 5.26 Å². The molecule has 0 spiro atoms. The molecule has 0 atom stereocenters. The number of H-pyrrole nitrogens is 1. The van der Waals surface area contributed by atoms with Crippen LogP contribution < -0.4 is 10.7 Å². The molecule has 0 radical (unpaired) electrons. The first-order valence-electron chi connectivity index (χ1n) is 4.17. The van der Waals surface area contributed by atoms with Crippen LogP contribution in [-0.4, -0.2) is 11.5 Å². The first-order chi connectivity index (χ1) is 6.33. The summed E-state index contributed by atoms with van der Waals surface area (Å²) < 4.78 is 0. The molecule has 2 heterocycles. The van der Waals surface area contributed by atoms with E-state index in [0.29, 0.717) is 13.0 Å². The predicted molar refractivity (Wildman–Crippen MR) is 47.2 cm³/mol. The van der Waals surface area contributed by atoms with Gasteiger partial charge in [0, 0.05) is 24.0 Å². The van der Waals surface area contributed by atoms with Crippen LogP contribution in [0.2, 0.25) is 0 Å². The van der Waals surface area contributed by atoms with Crippen molar-refractivity contribution in [3.63, 3.8) is 0 Å².